The zero-order valence-corrected chi connectivity index (χ0v) is 17.3. The fourth-order valence-corrected chi connectivity index (χ4v) is 3.77. The van der Waals surface area contributed by atoms with Crippen LogP contribution in [-0.4, -0.2) is 38.6 Å². The lowest BCUT2D eigenvalue weighted by Gasteiger charge is -2.12. The van der Waals surface area contributed by atoms with Gasteiger partial charge >= 0.3 is 0 Å². The van der Waals surface area contributed by atoms with Crippen molar-refractivity contribution in [2.24, 2.45) is 5.92 Å². The molecule has 0 bridgehead atoms. The number of pyridine rings is 2. The van der Waals surface area contributed by atoms with Gasteiger partial charge in [0.2, 0.25) is 5.91 Å². The highest BCUT2D eigenvalue weighted by atomic mass is 16.2. The van der Waals surface area contributed by atoms with Gasteiger partial charge in [0.25, 0.3) is 5.91 Å². The lowest BCUT2D eigenvalue weighted by atomic mass is 10.0. The summed E-state index contributed by atoms with van der Waals surface area (Å²) in [6.45, 7) is 1.94. The summed E-state index contributed by atoms with van der Waals surface area (Å²) in [6.07, 6.45) is 9.51. The minimum absolute atomic E-state index is 0.00924. The van der Waals surface area contributed by atoms with Gasteiger partial charge in [0.1, 0.15) is 5.82 Å². The zero-order valence-electron chi connectivity index (χ0n) is 17.3. The maximum atomic E-state index is 12.4. The molecule has 8 heteroatoms. The maximum Gasteiger partial charge on any atom is 0.253 e. The molecule has 2 aliphatic carbocycles. The second kappa shape index (κ2) is 7.46. The number of anilines is 1. The highest BCUT2D eigenvalue weighted by Gasteiger charge is 2.32. The van der Waals surface area contributed by atoms with Crippen LogP contribution in [-0.2, 0) is 11.2 Å². The Morgan fingerprint density at radius 3 is 2.74 bits per heavy atom. The number of aryl methyl sites for hydroxylation is 1. The predicted octanol–water partition coefficient (Wildman–Crippen LogP) is 2.78. The van der Waals surface area contributed by atoms with E-state index in [1.807, 2.05) is 42.1 Å². The highest BCUT2D eigenvalue weighted by Crippen LogP contribution is 2.37. The normalized spacial score (nSPS) is 14.7. The second-order valence-corrected chi connectivity index (χ2v) is 7.90. The van der Waals surface area contributed by atoms with E-state index in [0.29, 0.717) is 17.8 Å². The third-order valence-corrected chi connectivity index (χ3v) is 5.63. The van der Waals surface area contributed by atoms with E-state index in [2.05, 4.69) is 25.7 Å². The number of amides is 2. The molecule has 2 amide bonds. The van der Waals surface area contributed by atoms with Gasteiger partial charge in [0.05, 0.1) is 22.6 Å². The van der Waals surface area contributed by atoms with Gasteiger partial charge in [-0.15, -0.1) is 0 Å². The Labute approximate surface area is 179 Å². The third-order valence-electron chi connectivity index (χ3n) is 5.63. The van der Waals surface area contributed by atoms with E-state index in [4.69, 9.17) is 0 Å². The third kappa shape index (κ3) is 3.61. The number of carbonyl (C=O) groups is 2. The number of aromatic nitrogens is 4. The molecule has 5 rings (SSSR count). The van der Waals surface area contributed by atoms with Crippen molar-refractivity contribution in [3.63, 3.8) is 0 Å². The largest absolute Gasteiger partial charge is 0.355 e. The average Bonchev–Trinajstić information content (AvgIpc) is 3.39. The van der Waals surface area contributed by atoms with Crippen LogP contribution in [0.2, 0.25) is 0 Å². The van der Waals surface area contributed by atoms with E-state index >= 15 is 0 Å². The average molecular weight is 414 g/mol. The van der Waals surface area contributed by atoms with Crippen molar-refractivity contribution in [2.45, 2.75) is 26.2 Å². The van der Waals surface area contributed by atoms with E-state index in [1.165, 1.54) is 6.20 Å². The summed E-state index contributed by atoms with van der Waals surface area (Å²) in [5.41, 5.74) is 5.69. The van der Waals surface area contributed by atoms with Gasteiger partial charge in [-0.3, -0.25) is 14.6 Å². The molecule has 31 heavy (non-hydrogen) atoms. The number of hydrogen-bond donors (Lipinski definition) is 2. The molecule has 0 aromatic carbocycles. The van der Waals surface area contributed by atoms with Crippen LogP contribution in [0.1, 0.15) is 45.7 Å². The lowest BCUT2D eigenvalue weighted by Crippen LogP contribution is -2.21. The Balaban J connectivity index is 1.52. The fraction of sp³-hybridized carbons (Fsp3) is 0.261. The number of rotatable bonds is 5. The van der Waals surface area contributed by atoms with Crippen molar-refractivity contribution in [3.8, 4) is 5.69 Å². The molecule has 0 aliphatic heterocycles. The van der Waals surface area contributed by atoms with Crippen LogP contribution >= 0.6 is 0 Å². The first-order valence-corrected chi connectivity index (χ1v) is 10.3. The van der Waals surface area contributed by atoms with Crippen LogP contribution in [0.5, 0.6) is 0 Å². The smallest absolute Gasteiger partial charge is 0.253 e. The topological polar surface area (TPSA) is 102 Å². The van der Waals surface area contributed by atoms with Gasteiger partial charge in [-0.25, -0.2) is 9.67 Å². The molecule has 156 valence electrons. The molecule has 0 unspecified atom stereocenters. The maximum absolute atomic E-state index is 12.4. The zero-order chi connectivity index (χ0) is 21.5. The summed E-state index contributed by atoms with van der Waals surface area (Å²) in [5.74, 6) is 0.366. The summed E-state index contributed by atoms with van der Waals surface area (Å²) < 4.78 is 1.81. The molecule has 8 nitrogen and oxygen atoms in total. The molecule has 0 saturated heterocycles. The van der Waals surface area contributed by atoms with Gasteiger partial charge in [-0.2, -0.15) is 5.10 Å². The van der Waals surface area contributed by atoms with Gasteiger partial charge in [0, 0.05) is 43.5 Å². The predicted molar refractivity (Wildman–Crippen MR) is 117 cm³/mol. The highest BCUT2D eigenvalue weighted by molar-refractivity contribution is 6.04. The van der Waals surface area contributed by atoms with Crippen LogP contribution in [0.4, 0.5) is 5.82 Å². The number of hydrogen-bond acceptors (Lipinski definition) is 5. The summed E-state index contributed by atoms with van der Waals surface area (Å²) in [7, 11) is 1.59. The SMILES string of the molecule is CNC(=O)c1cnc(NC(=O)C2CC2)c2c1C=C(c1cc(-n3ccc(C)n3)ccn1)C2. The molecule has 0 radical (unpaired) electrons. The van der Waals surface area contributed by atoms with Gasteiger partial charge in [-0.05, 0) is 55.2 Å². The Morgan fingerprint density at radius 2 is 2.03 bits per heavy atom. The van der Waals surface area contributed by atoms with E-state index in [0.717, 1.165) is 46.6 Å². The van der Waals surface area contributed by atoms with Gasteiger partial charge in [-0.1, -0.05) is 0 Å². The van der Waals surface area contributed by atoms with Crippen molar-refractivity contribution in [2.75, 3.05) is 12.4 Å². The fourth-order valence-electron chi connectivity index (χ4n) is 3.77. The molecule has 0 atom stereocenters. The first kappa shape index (κ1) is 19.2. The standard InChI is InChI=1S/C23H22N6O2/c1-13-6-8-29(28-13)16-5-7-25-20(11-16)15-9-17-18(10-15)21(27-22(30)14-3-4-14)26-12-19(17)23(31)24-2/h5-9,11-12,14H,3-4,10H2,1-2H3,(H,24,31)(H,26,27,30). The van der Waals surface area contributed by atoms with Crippen LogP contribution in [0.15, 0.2) is 36.8 Å². The molecule has 3 heterocycles. The number of allylic oxidation sites excluding steroid dienone is 1. The van der Waals surface area contributed by atoms with Crippen molar-refractivity contribution >= 4 is 29.3 Å². The summed E-state index contributed by atoms with van der Waals surface area (Å²) in [6, 6.07) is 5.82. The van der Waals surface area contributed by atoms with E-state index in [-0.39, 0.29) is 17.7 Å². The molecular weight excluding hydrogens is 392 g/mol. The van der Waals surface area contributed by atoms with Crippen LogP contribution in [0, 0.1) is 12.8 Å². The van der Waals surface area contributed by atoms with E-state index < -0.39 is 0 Å². The summed E-state index contributed by atoms with van der Waals surface area (Å²) >= 11 is 0. The number of carbonyl (C=O) groups excluding carboxylic acids is 2. The monoisotopic (exact) mass is 414 g/mol. The molecule has 0 spiro atoms. The molecule has 2 aliphatic rings. The summed E-state index contributed by atoms with van der Waals surface area (Å²) in [5, 5.41) is 10.1. The van der Waals surface area contributed by atoms with Crippen molar-refractivity contribution in [1.29, 1.82) is 0 Å². The van der Waals surface area contributed by atoms with E-state index in [9.17, 15) is 9.59 Å². The Kier molecular flexibility index (Phi) is 4.62. The molecular formula is C23H22N6O2. The van der Waals surface area contributed by atoms with Crippen molar-refractivity contribution in [1.82, 2.24) is 25.1 Å². The van der Waals surface area contributed by atoms with Crippen LogP contribution in [0.25, 0.3) is 17.3 Å². The molecule has 3 aromatic rings. The minimum Gasteiger partial charge on any atom is -0.355 e. The Bertz CT molecular complexity index is 1240. The van der Waals surface area contributed by atoms with Gasteiger partial charge in [0.15, 0.2) is 0 Å². The second-order valence-electron chi connectivity index (χ2n) is 7.90. The number of nitrogens with one attached hydrogen (secondary N) is 2. The van der Waals surface area contributed by atoms with Crippen LogP contribution < -0.4 is 10.6 Å². The number of nitrogens with zero attached hydrogens (tertiary/aromatic N) is 4. The first-order chi connectivity index (χ1) is 15.0. The summed E-state index contributed by atoms with van der Waals surface area (Å²) in [4.78, 5) is 33.7. The molecule has 1 saturated carbocycles. The minimum atomic E-state index is -0.213. The Hall–Kier alpha value is -3.81. The quantitative estimate of drug-likeness (QED) is 0.668. The molecule has 2 N–H and O–H groups in total. The first-order valence-electron chi connectivity index (χ1n) is 10.3. The lowest BCUT2D eigenvalue weighted by molar-refractivity contribution is -0.117. The van der Waals surface area contributed by atoms with Crippen molar-refractivity contribution in [3.05, 3.63) is 64.9 Å². The van der Waals surface area contributed by atoms with Gasteiger partial charge < -0.3 is 10.6 Å². The Morgan fingerprint density at radius 1 is 1.19 bits per heavy atom. The molecule has 1 fully saturated rings. The molecule has 3 aromatic heterocycles. The van der Waals surface area contributed by atoms with Crippen molar-refractivity contribution < 1.29 is 9.59 Å². The number of fused-ring (bicyclic) bond motifs is 1. The van der Waals surface area contributed by atoms with Crippen LogP contribution in [0.3, 0.4) is 0 Å². The van der Waals surface area contributed by atoms with E-state index in [1.54, 1.807) is 13.2 Å².